The molecule has 1 aromatic heterocycles. The number of anilines is 1. The fraction of sp³-hybridized carbons (Fsp3) is 0.182. The Bertz CT molecular complexity index is 729. The second-order valence-corrected chi connectivity index (χ2v) is 7.82. The van der Waals surface area contributed by atoms with Gasteiger partial charge in [0, 0.05) is 16.6 Å². The number of thiazole rings is 1. The Balaban J connectivity index is 2.04. The van der Waals surface area contributed by atoms with Crippen LogP contribution in [-0.4, -0.2) is 25.1 Å². The van der Waals surface area contributed by atoms with Crippen molar-refractivity contribution in [2.75, 3.05) is 11.9 Å². The summed E-state index contributed by atoms with van der Waals surface area (Å²) in [5, 5.41) is 19.0. The van der Waals surface area contributed by atoms with Crippen LogP contribution in [0.4, 0.5) is 5.13 Å². The van der Waals surface area contributed by atoms with Gasteiger partial charge < -0.3 is 10.4 Å². The lowest BCUT2D eigenvalue weighted by atomic mass is 10.1. The first-order valence-corrected chi connectivity index (χ1v) is 8.74. The second-order valence-electron chi connectivity index (χ2n) is 4.13. The first kappa shape index (κ1) is 16.5. The lowest BCUT2D eigenvalue weighted by molar-refractivity contribution is 0.191. The summed E-state index contributed by atoms with van der Waals surface area (Å²) in [4.78, 5) is 3.87. The lowest BCUT2D eigenvalue weighted by Gasteiger charge is -2.12. The van der Waals surface area contributed by atoms with Crippen LogP contribution in [0.3, 0.4) is 0 Å². The van der Waals surface area contributed by atoms with Crippen molar-refractivity contribution >= 4 is 49.7 Å². The maximum atomic E-state index is 11.1. The Morgan fingerprint density at radius 2 is 1.95 bits per heavy atom. The van der Waals surface area contributed by atoms with Crippen molar-refractivity contribution in [3.05, 3.63) is 40.0 Å². The fourth-order valence-electron chi connectivity index (χ4n) is 1.54. The first-order chi connectivity index (χ1) is 9.75. The molecule has 114 valence electrons. The summed E-state index contributed by atoms with van der Waals surface area (Å²) < 4.78 is 22.2. The molecule has 0 aliphatic carbocycles. The minimum Gasteiger partial charge on any atom is -0.387 e. The highest BCUT2D eigenvalue weighted by Crippen LogP contribution is 2.25. The van der Waals surface area contributed by atoms with E-state index in [4.69, 9.17) is 28.3 Å². The number of aliphatic hydroxyl groups is 1. The third-order valence-electron chi connectivity index (χ3n) is 2.48. The Hall–Kier alpha value is -0.900. The topological polar surface area (TPSA) is 105 Å². The van der Waals surface area contributed by atoms with E-state index in [1.807, 2.05) is 0 Å². The molecule has 0 aliphatic heterocycles. The first-order valence-electron chi connectivity index (χ1n) is 5.62. The van der Waals surface area contributed by atoms with Gasteiger partial charge in [0.15, 0.2) is 9.34 Å². The maximum absolute atomic E-state index is 11.1. The van der Waals surface area contributed by atoms with Crippen LogP contribution < -0.4 is 10.5 Å². The molecule has 4 N–H and O–H groups in total. The zero-order chi connectivity index (χ0) is 15.6. The predicted molar refractivity (Wildman–Crippen MR) is 83.4 cm³/mol. The summed E-state index contributed by atoms with van der Waals surface area (Å²) in [6.45, 7) is 0.119. The number of nitrogens with one attached hydrogen (secondary N) is 1. The van der Waals surface area contributed by atoms with Gasteiger partial charge in [-0.2, -0.15) is 0 Å². The highest BCUT2D eigenvalue weighted by molar-refractivity contribution is 7.91. The van der Waals surface area contributed by atoms with E-state index in [2.05, 4.69) is 10.3 Å². The molecule has 0 fully saturated rings. The van der Waals surface area contributed by atoms with Gasteiger partial charge in [0.05, 0.1) is 12.3 Å². The summed E-state index contributed by atoms with van der Waals surface area (Å²) in [6, 6.07) is 4.75. The number of hydrogen-bond acceptors (Lipinski definition) is 6. The van der Waals surface area contributed by atoms with E-state index in [1.54, 1.807) is 18.2 Å². The number of benzene rings is 1. The summed E-state index contributed by atoms with van der Waals surface area (Å²) in [6.07, 6.45) is 0.286. The highest BCUT2D eigenvalue weighted by Gasteiger charge is 2.14. The molecule has 1 unspecified atom stereocenters. The van der Waals surface area contributed by atoms with E-state index < -0.39 is 16.1 Å². The maximum Gasteiger partial charge on any atom is 0.249 e. The average molecular weight is 368 g/mol. The van der Waals surface area contributed by atoms with Crippen molar-refractivity contribution in [2.45, 2.75) is 10.3 Å². The normalized spacial score (nSPS) is 13.1. The standard InChI is InChI=1S/C11H11Cl2N3O3S2/c12-7-1-6(2-8(13)3-7)9(17)4-15-11-16-5-10(20-11)21(14,18)19/h1-3,5,9,17H,4H2,(H,15,16)(H2,14,18,19). The van der Waals surface area contributed by atoms with E-state index >= 15 is 0 Å². The van der Waals surface area contributed by atoms with Crippen molar-refractivity contribution < 1.29 is 13.5 Å². The van der Waals surface area contributed by atoms with E-state index in [0.29, 0.717) is 20.7 Å². The number of rotatable bonds is 5. The minimum atomic E-state index is -3.77. The molecular formula is C11H11Cl2N3O3S2. The summed E-state index contributed by atoms with van der Waals surface area (Å²) >= 11 is 12.6. The molecular weight excluding hydrogens is 357 g/mol. The van der Waals surface area contributed by atoms with Crippen molar-refractivity contribution in [3.63, 3.8) is 0 Å². The number of nitrogens with two attached hydrogens (primary N) is 1. The lowest BCUT2D eigenvalue weighted by Crippen LogP contribution is -2.12. The Morgan fingerprint density at radius 1 is 1.33 bits per heavy atom. The molecule has 21 heavy (non-hydrogen) atoms. The smallest absolute Gasteiger partial charge is 0.249 e. The number of hydrogen-bond donors (Lipinski definition) is 3. The van der Waals surface area contributed by atoms with Gasteiger partial charge in [-0.1, -0.05) is 34.5 Å². The monoisotopic (exact) mass is 367 g/mol. The molecule has 10 heteroatoms. The van der Waals surface area contributed by atoms with Gasteiger partial charge in [0.2, 0.25) is 10.0 Å². The highest BCUT2D eigenvalue weighted by atomic mass is 35.5. The molecule has 0 bridgehead atoms. The zero-order valence-corrected chi connectivity index (χ0v) is 13.6. The van der Waals surface area contributed by atoms with Crippen LogP contribution in [0.2, 0.25) is 10.0 Å². The zero-order valence-electron chi connectivity index (χ0n) is 10.5. The van der Waals surface area contributed by atoms with Gasteiger partial charge in [-0.05, 0) is 23.8 Å². The second kappa shape index (κ2) is 6.47. The van der Waals surface area contributed by atoms with Crippen LogP contribution in [0, 0.1) is 0 Å². The third kappa shape index (κ3) is 4.53. The van der Waals surface area contributed by atoms with Gasteiger partial charge in [-0.15, -0.1) is 0 Å². The van der Waals surface area contributed by atoms with Crippen LogP contribution in [-0.2, 0) is 10.0 Å². The molecule has 0 amide bonds. The Labute approximate surface area is 135 Å². The van der Waals surface area contributed by atoms with Crippen LogP contribution in [0.1, 0.15) is 11.7 Å². The van der Waals surface area contributed by atoms with E-state index in [0.717, 1.165) is 17.5 Å². The van der Waals surface area contributed by atoms with E-state index in [1.165, 1.54) is 0 Å². The number of nitrogens with zero attached hydrogens (tertiary/aromatic N) is 1. The molecule has 0 saturated carbocycles. The van der Waals surface area contributed by atoms with E-state index in [-0.39, 0.29) is 10.8 Å². The number of aromatic nitrogens is 1. The molecule has 1 atom stereocenters. The Morgan fingerprint density at radius 3 is 2.48 bits per heavy atom. The fourth-order valence-corrected chi connectivity index (χ4v) is 3.54. The van der Waals surface area contributed by atoms with Crippen LogP contribution in [0.25, 0.3) is 0 Å². The van der Waals surface area contributed by atoms with Gasteiger partial charge >= 0.3 is 0 Å². The quantitative estimate of drug-likeness (QED) is 0.751. The molecule has 0 aliphatic rings. The number of aliphatic hydroxyl groups excluding tert-OH is 1. The van der Waals surface area contributed by atoms with E-state index in [9.17, 15) is 13.5 Å². The molecule has 6 nitrogen and oxygen atoms in total. The van der Waals surface area contributed by atoms with Crippen LogP contribution >= 0.6 is 34.5 Å². The largest absolute Gasteiger partial charge is 0.387 e. The van der Waals surface area contributed by atoms with Crippen LogP contribution in [0.15, 0.2) is 28.6 Å². The minimum absolute atomic E-state index is 0.0507. The summed E-state index contributed by atoms with van der Waals surface area (Å²) in [7, 11) is -3.77. The van der Waals surface area contributed by atoms with Crippen molar-refractivity contribution in [2.24, 2.45) is 5.14 Å². The van der Waals surface area contributed by atoms with Gasteiger partial charge in [0.25, 0.3) is 0 Å². The Kier molecular flexibility index (Phi) is 5.07. The summed E-state index contributed by atoms with van der Waals surface area (Å²) in [5.74, 6) is 0. The van der Waals surface area contributed by atoms with Crippen molar-refractivity contribution in [1.82, 2.24) is 4.98 Å². The number of halogens is 2. The molecule has 2 rings (SSSR count). The third-order valence-corrected chi connectivity index (χ3v) is 5.28. The molecule has 1 aromatic carbocycles. The molecule has 0 saturated heterocycles. The molecule has 0 spiro atoms. The molecule has 0 radical (unpaired) electrons. The molecule has 1 heterocycles. The average Bonchev–Trinajstić information content (AvgIpc) is 2.83. The van der Waals surface area contributed by atoms with Crippen molar-refractivity contribution in [1.29, 1.82) is 0 Å². The van der Waals surface area contributed by atoms with Gasteiger partial charge in [-0.3, -0.25) is 0 Å². The van der Waals surface area contributed by atoms with Gasteiger partial charge in [0.1, 0.15) is 0 Å². The van der Waals surface area contributed by atoms with Crippen LogP contribution in [0.5, 0.6) is 0 Å². The molecule has 2 aromatic rings. The van der Waals surface area contributed by atoms with Crippen molar-refractivity contribution in [3.8, 4) is 0 Å². The predicted octanol–water partition coefficient (Wildman–Crippen LogP) is 2.24. The summed E-state index contributed by atoms with van der Waals surface area (Å²) in [5.41, 5.74) is 0.545. The van der Waals surface area contributed by atoms with Gasteiger partial charge in [-0.25, -0.2) is 18.5 Å². The number of primary sulfonamides is 1. The number of sulfonamides is 1. The SMILES string of the molecule is NS(=O)(=O)c1cnc(NCC(O)c2cc(Cl)cc(Cl)c2)s1.